The van der Waals surface area contributed by atoms with E-state index in [0.717, 1.165) is 49.6 Å². The molecule has 1 aliphatic rings. The fourth-order valence-corrected chi connectivity index (χ4v) is 4.20. The Morgan fingerprint density at radius 3 is 2.15 bits per heavy atom. The third-order valence-corrected chi connectivity index (χ3v) is 6.54. The van der Waals surface area contributed by atoms with Crippen LogP contribution in [0.4, 0.5) is 0 Å². The van der Waals surface area contributed by atoms with Gasteiger partial charge in [0.2, 0.25) is 0 Å². The van der Waals surface area contributed by atoms with E-state index in [1.807, 2.05) is 6.92 Å². The minimum atomic E-state index is -4.03. The molecule has 1 fully saturated rings. The molecule has 6 nitrogen and oxygen atoms in total. The van der Waals surface area contributed by atoms with Crippen molar-refractivity contribution in [3.63, 3.8) is 0 Å². The topological polar surface area (TPSA) is 80.7 Å². The van der Waals surface area contributed by atoms with E-state index >= 15 is 0 Å². The first kappa shape index (κ1) is 23.4. The predicted octanol–water partition coefficient (Wildman–Crippen LogP) is 3.27. The van der Waals surface area contributed by atoms with Crippen molar-refractivity contribution < 1.29 is 27.0 Å². The van der Waals surface area contributed by atoms with Crippen LogP contribution in [0, 0.1) is 11.8 Å². The van der Waals surface area contributed by atoms with Gasteiger partial charge >= 0.3 is 5.97 Å². The minimum absolute atomic E-state index is 0.0305. The number of quaternary nitrogens is 1. The number of hydrogen-bond acceptors (Lipinski definition) is 4. The van der Waals surface area contributed by atoms with Gasteiger partial charge in [0.05, 0.1) is 38.9 Å². The zero-order chi connectivity index (χ0) is 20.0. The summed E-state index contributed by atoms with van der Waals surface area (Å²) in [5.74, 6) is 0.504. The standard InChI is InChI=1S/C19H37NO5S/c1-6-7-18(13-8-15(2)26(22,23)24)25-19(21)17-11-9-16(10-12-17)14-20(3,4)5/h15-18H,6-14H2,1-5H3/p+1. The average Bonchev–Trinajstić information content (AvgIpc) is 2.50. The monoisotopic (exact) mass is 392 g/mol. The highest BCUT2D eigenvalue weighted by atomic mass is 32.2. The van der Waals surface area contributed by atoms with Crippen LogP contribution >= 0.6 is 0 Å². The van der Waals surface area contributed by atoms with E-state index in [-0.39, 0.29) is 18.0 Å². The molecule has 0 aromatic carbocycles. The molecule has 0 aliphatic heterocycles. The number of rotatable bonds is 10. The maximum atomic E-state index is 12.5. The van der Waals surface area contributed by atoms with E-state index < -0.39 is 15.4 Å². The smallest absolute Gasteiger partial charge is 0.309 e. The third kappa shape index (κ3) is 8.82. The Balaban J connectivity index is 2.47. The van der Waals surface area contributed by atoms with E-state index in [1.165, 1.54) is 6.92 Å². The zero-order valence-corrected chi connectivity index (χ0v) is 17.9. The Morgan fingerprint density at radius 2 is 1.69 bits per heavy atom. The number of esters is 1. The molecule has 0 heterocycles. The number of nitrogens with zero attached hydrogens (tertiary/aromatic N) is 1. The summed E-state index contributed by atoms with van der Waals surface area (Å²) in [5.41, 5.74) is 0. The molecule has 0 bridgehead atoms. The van der Waals surface area contributed by atoms with E-state index in [4.69, 9.17) is 9.29 Å². The van der Waals surface area contributed by atoms with Crippen LogP contribution in [0.15, 0.2) is 0 Å². The van der Waals surface area contributed by atoms with Crippen LogP contribution in [0.3, 0.4) is 0 Å². The van der Waals surface area contributed by atoms with Gasteiger partial charge in [0.25, 0.3) is 10.1 Å². The average molecular weight is 393 g/mol. The van der Waals surface area contributed by atoms with Gasteiger partial charge in [-0.05, 0) is 51.9 Å². The molecular formula is C19H38NO5S+. The lowest BCUT2D eigenvalue weighted by atomic mass is 9.81. The summed E-state index contributed by atoms with van der Waals surface area (Å²) < 4.78 is 38.0. The van der Waals surface area contributed by atoms with Gasteiger partial charge in [-0.25, -0.2) is 0 Å². The van der Waals surface area contributed by atoms with Crippen LogP contribution in [0.5, 0.6) is 0 Å². The van der Waals surface area contributed by atoms with Crippen molar-refractivity contribution in [1.29, 1.82) is 0 Å². The van der Waals surface area contributed by atoms with Gasteiger partial charge in [-0.2, -0.15) is 8.42 Å². The molecule has 1 rings (SSSR count). The SMILES string of the molecule is CCCC(CCC(C)S(=O)(=O)O)OC(=O)C1CCC(C[N+](C)(C)C)CC1. The van der Waals surface area contributed by atoms with E-state index in [1.54, 1.807) is 0 Å². The molecule has 0 radical (unpaired) electrons. The number of carbonyl (C=O) groups excluding carboxylic acids is 1. The summed E-state index contributed by atoms with van der Waals surface area (Å²) in [5, 5.41) is -0.827. The summed E-state index contributed by atoms with van der Waals surface area (Å²) in [6, 6.07) is 0. The summed E-state index contributed by atoms with van der Waals surface area (Å²) in [6.07, 6.45) is 5.98. The highest BCUT2D eigenvalue weighted by Gasteiger charge is 2.31. The van der Waals surface area contributed by atoms with Crippen LogP contribution < -0.4 is 0 Å². The van der Waals surface area contributed by atoms with E-state index in [9.17, 15) is 13.2 Å². The van der Waals surface area contributed by atoms with Crippen LogP contribution in [0.25, 0.3) is 0 Å². The molecule has 0 aromatic rings. The van der Waals surface area contributed by atoms with Crippen LogP contribution in [-0.2, 0) is 19.6 Å². The van der Waals surface area contributed by atoms with Crippen molar-refractivity contribution in [3.8, 4) is 0 Å². The second-order valence-corrected chi connectivity index (χ2v) is 10.8. The fourth-order valence-electron chi connectivity index (χ4n) is 3.77. The second-order valence-electron chi connectivity index (χ2n) is 8.94. The van der Waals surface area contributed by atoms with Gasteiger partial charge in [-0.1, -0.05) is 13.3 Å². The van der Waals surface area contributed by atoms with Gasteiger partial charge in [-0.15, -0.1) is 0 Å². The molecule has 1 saturated carbocycles. The number of hydrogen-bond donors (Lipinski definition) is 1. The molecule has 0 amide bonds. The molecule has 2 atom stereocenters. The fraction of sp³-hybridized carbons (Fsp3) is 0.947. The van der Waals surface area contributed by atoms with Gasteiger partial charge in [-0.3, -0.25) is 9.35 Å². The van der Waals surface area contributed by atoms with Crippen LogP contribution in [-0.4, -0.2) is 62.5 Å². The first-order valence-corrected chi connectivity index (χ1v) is 11.4. The quantitative estimate of drug-likeness (QED) is 0.351. The van der Waals surface area contributed by atoms with Crippen molar-refractivity contribution in [1.82, 2.24) is 0 Å². The molecule has 0 aromatic heterocycles. The lowest BCUT2D eigenvalue weighted by molar-refractivity contribution is -0.874. The first-order chi connectivity index (χ1) is 11.9. The van der Waals surface area contributed by atoms with E-state index in [2.05, 4.69) is 21.1 Å². The zero-order valence-electron chi connectivity index (χ0n) is 17.1. The lowest BCUT2D eigenvalue weighted by Gasteiger charge is -2.33. The number of carbonyl (C=O) groups is 1. The minimum Gasteiger partial charge on any atom is -0.462 e. The Hall–Kier alpha value is -0.660. The third-order valence-electron chi connectivity index (χ3n) is 5.28. The Kier molecular flexibility index (Phi) is 9.03. The summed E-state index contributed by atoms with van der Waals surface area (Å²) in [7, 11) is 2.57. The van der Waals surface area contributed by atoms with Crippen molar-refractivity contribution in [2.45, 2.75) is 76.6 Å². The van der Waals surface area contributed by atoms with Crippen molar-refractivity contribution in [2.75, 3.05) is 27.7 Å². The van der Waals surface area contributed by atoms with Crippen molar-refractivity contribution in [2.24, 2.45) is 11.8 Å². The maximum Gasteiger partial charge on any atom is 0.309 e. The van der Waals surface area contributed by atoms with Crippen molar-refractivity contribution >= 4 is 16.1 Å². The largest absolute Gasteiger partial charge is 0.462 e. The molecule has 7 heteroatoms. The van der Waals surface area contributed by atoms with Crippen molar-refractivity contribution in [3.05, 3.63) is 0 Å². The summed E-state index contributed by atoms with van der Waals surface area (Å²) in [6.45, 7) is 4.63. The van der Waals surface area contributed by atoms with E-state index in [0.29, 0.717) is 18.8 Å². The highest BCUT2D eigenvalue weighted by molar-refractivity contribution is 7.86. The lowest BCUT2D eigenvalue weighted by Crippen LogP contribution is -2.40. The Morgan fingerprint density at radius 1 is 1.12 bits per heavy atom. The summed E-state index contributed by atoms with van der Waals surface area (Å²) >= 11 is 0. The molecule has 0 saturated heterocycles. The predicted molar refractivity (Wildman–Crippen MR) is 103 cm³/mol. The van der Waals surface area contributed by atoms with Crippen LogP contribution in [0.1, 0.15) is 65.2 Å². The molecule has 1 N–H and O–H groups in total. The number of ether oxygens (including phenoxy) is 1. The van der Waals surface area contributed by atoms with Gasteiger partial charge in [0.1, 0.15) is 6.10 Å². The van der Waals surface area contributed by atoms with Gasteiger partial charge < -0.3 is 9.22 Å². The van der Waals surface area contributed by atoms with Crippen LogP contribution in [0.2, 0.25) is 0 Å². The normalized spacial score (nSPS) is 24.1. The molecule has 0 spiro atoms. The van der Waals surface area contributed by atoms with Gasteiger partial charge in [0, 0.05) is 5.92 Å². The van der Waals surface area contributed by atoms with Gasteiger partial charge in [0.15, 0.2) is 0 Å². The second kappa shape index (κ2) is 10.0. The molecule has 2 unspecified atom stereocenters. The molecular weight excluding hydrogens is 354 g/mol. The Bertz CT molecular complexity index is 533. The highest BCUT2D eigenvalue weighted by Crippen LogP contribution is 2.31. The maximum absolute atomic E-state index is 12.5. The molecule has 26 heavy (non-hydrogen) atoms. The first-order valence-electron chi connectivity index (χ1n) is 9.89. The summed E-state index contributed by atoms with van der Waals surface area (Å²) in [4.78, 5) is 12.5. The molecule has 1 aliphatic carbocycles. The molecule has 154 valence electrons. The Labute approximate surface area is 159 Å².